The zero-order valence-corrected chi connectivity index (χ0v) is 18.4. The third-order valence-electron chi connectivity index (χ3n) is 6.10. The first-order chi connectivity index (χ1) is 14.9. The molecular weight excluding hydrogens is 392 g/mol. The lowest BCUT2D eigenvalue weighted by Crippen LogP contribution is -2.32. The number of hydrogen-bond acceptors (Lipinski definition) is 4. The van der Waals surface area contributed by atoms with Crippen molar-refractivity contribution < 1.29 is 9.90 Å². The number of carbonyl (C=O) groups is 1. The molecule has 3 aromatic rings. The van der Waals surface area contributed by atoms with Gasteiger partial charge < -0.3 is 19.1 Å². The fourth-order valence-corrected chi connectivity index (χ4v) is 4.70. The van der Waals surface area contributed by atoms with Crippen LogP contribution in [-0.4, -0.2) is 36.6 Å². The number of benzene rings is 1. The normalized spacial score (nSPS) is 16.5. The lowest BCUT2D eigenvalue weighted by molar-refractivity contribution is -0.132. The summed E-state index contributed by atoms with van der Waals surface area (Å²) >= 11 is 0. The van der Waals surface area contributed by atoms with Gasteiger partial charge in [0, 0.05) is 37.3 Å². The Balaban J connectivity index is 1.50. The van der Waals surface area contributed by atoms with Crippen LogP contribution in [0.4, 0.5) is 0 Å². The third-order valence-corrected chi connectivity index (χ3v) is 6.10. The average Bonchev–Trinajstić information content (AvgIpc) is 3.33. The van der Waals surface area contributed by atoms with E-state index in [-0.39, 0.29) is 29.3 Å². The minimum absolute atomic E-state index is 0.0135. The number of carbonyl (C=O) groups excluding carboxylic acids is 1. The van der Waals surface area contributed by atoms with Gasteiger partial charge in [0.15, 0.2) is 0 Å². The molecule has 1 fully saturated rings. The molecular formula is C24H30N4O3. The van der Waals surface area contributed by atoms with E-state index >= 15 is 0 Å². The van der Waals surface area contributed by atoms with E-state index in [1.54, 1.807) is 17.6 Å². The van der Waals surface area contributed by atoms with Gasteiger partial charge in [0.25, 0.3) is 5.56 Å². The van der Waals surface area contributed by atoms with Crippen molar-refractivity contribution >= 4 is 16.9 Å². The molecule has 0 aliphatic carbocycles. The Morgan fingerprint density at radius 2 is 2.03 bits per heavy atom. The summed E-state index contributed by atoms with van der Waals surface area (Å²) in [5.41, 5.74) is 2.53. The van der Waals surface area contributed by atoms with Crippen molar-refractivity contribution in [1.29, 1.82) is 0 Å². The molecule has 164 valence electrons. The van der Waals surface area contributed by atoms with Crippen molar-refractivity contribution in [3.63, 3.8) is 0 Å². The van der Waals surface area contributed by atoms with Gasteiger partial charge in [-0.15, -0.1) is 0 Å². The van der Waals surface area contributed by atoms with Crippen LogP contribution >= 0.6 is 0 Å². The maximum atomic E-state index is 13.1. The number of pyridine rings is 1. The van der Waals surface area contributed by atoms with Crippen molar-refractivity contribution in [3.8, 4) is 5.75 Å². The van der Waals surface area contributed by atoms with E-state index in [1.165, 1.54) is 6.07 Å². The summed E-state index contributed by atoms with van der Waals surface area (Å²) in [6, 6.07) is 11.1. The number of aromatic hydroxyl groups is 1. The van der Waals surface area contributed by atoms with Gasteiger partial charge in [-0.25, -0.2) is 4.98 Å². The van der Waals surface area contributed by atoms with Gasteiger partial charge in [0.2, 0.25) is 5.91 Å². The Bertz CT molecular complexity index is 1160. The molecule has 0 spiro atoms. The monoisotopic (exact) mass is 422 g/mol. The predicted octanol–water partition coefficient (Wildman–Crippen LogP) is 3.94. The fourth-order valence-electron chi connectivity index (χ4n) is 4.70. The van der Waals surface area contributed by atoms with E-state index < -0.39 is 0 Å². The van der Waals surface area contributed by atoms with Crippen LogP contribution in [-0.2, 0) is 11.3 Å². The summed E-state index contributed by atoms with van der Waals surface area (Å²) in [6.07, 6.45) is 2.84. The molecule has 1 saturated heterocycles. The average molecular weight is 423 g/mol. The quantitative estimate of drug-likeness (QED) is 0.653. The summed E-state index contributed by atoms with van der Waals surface area (Å²) in [4.78, 5) is 32.1. The van der Waals surface area contributed by atoms with Crippen LogP contribution in [0.2, 0.25) is 0 Å². The SMILES string of the molecule is Cc1cc(O)cc(=O)n1CCCC(=O)N1CCC[C@H]1c1nc2ccccc2n1C(C)C. The van der Waals surface area contributed by atoms with Crippen LogP contribution in [0, 0.1) is 6.92 Å². The molecule has 1 atom stereocenters. The van der Waals surface area contributed by atoms with Crippen molar-refractivity contribution in [3.05, 3.63) is 58.3 Å². The number of aromatic nitrogens is 3. The van der Waals surface area contributed by atoms with E-state index in [4.69, 9.17) is 4.98 Å². The molecule has 2 aromatic heterocycles. The van der Waals surface area contributed by atoms with Gasteiger partial charge in [-0.2, -0.15) is 0 Å². The molecule has 1 aliphatic heterocycles. The zero-order valence-electron chi connectivity index (χ0n) is 18.4. The smallest absolute Gasteiger partial charge is 0.254 e. The van der Waals surface area contributed by atoms with Crippen LogP contribution < -0.4 is 5.56 Å². The number of aryl methyl sites for hydroxylation is 1. The Morgan fingerprint density at radius 1 is 1.26 bits per heavy atom. The summed E-state index contributed by atoms with van der Waals surface area (Å²) in [7, 11) is 0. The molecule has 1 aromatic carbocycles. The van der Waals surface area contributed by atoms with Gasteiger partial charge in [0.1, 0.15) is 11.6 Å². The van der Waals surface area contributed by atoms with Crippen LogP contribution in [0.15, 0.2) is 41.2 Å². The summed E-state index contributed by atoms with van der Waals surface area (Å²) < 4.78 is 3.86. The van der Waals surface area contributed by atoms with E-state index in [2.05, 4.69) is 24.5 Å². The lowest BCUT2D eigenvalue weighted by atomic mass is 10.1. The molecule has 4 rings (SSSR count). The van der Waals surface area contributed by atoms with Gasteiger partial charge >= 0.3 is 0 Å². The summed E-state index contributed by atoms with van der Waals surface area (Å²) in [5.74, 6) is 1.05. The number of amides is 1. The fraction of sp³-hybridized carbons (Fsp3) is 0.458. The van der Waals surface area contributed by atoms with Crippen LogP contribution in [0.1, 0.15) is 63.1 Å². The van der Waals surface area contributed by atoms with Crippen molar-refractivity contribution in [2.24, 2.45) is 0 Å². The first-order valence-corrected chi connectivity index (χ1v) is 11.0. The van der Waals surface area contributed by atoms with Crippen LogP contribution in [0.3, 0.4) is 0 Å². The standard InChI is InChI=1S/C24H30N4O3/c1-16(2)28-20-9-5-4-8-19(20)25-24(28)21-10-6-13-27(21)22(30)11-7-12-26-17(3)14-18(29)15-23(26)31/h4-5,8-9,14-16,21,29H,6-7,10-13H2,1-3H3/t21-/m0/s1. The molecule has 1 amide bonds. The molecule has 7 heteroatoms. The van der Waals surface area contributed by atoms with E-state index in [1.807, 2.05) is 23.1 Å². The lowest BCUT2D eigenvalue weighted by Gasteiger charge is -2.26. The first-order valence-electron chi connectivity index (χ1n) is 11.0. The molecule has 0 bridgehead atoms. The van der Waals surface area contributed by atoms with E-state index in [0.29, 0.717) is 25.1 Å². The van der Waals surface area contributed by atoms with Gasteiger partial charge in [-0.3, -0.25) is 9.59 Å². The Morgan fingerprint density at radius 3 is 2.77 bits per heavy atom. The Kier molecular flexibility index (Phi) is 5.85. The number of imidazole rings is 1. The highest BCUT2D eigenvalue weighted by Gasteiger charge is 2.33. The Hall–Kier alpha value is -3.09. The van der Waals surface area contributed by atoms with Crippen molar-refractivity contribution in [2.45, 2.75) is 65.1 Å². The molecule has 7 nitrogen and oxygen atoms in total. The topological polar surface area (TPSA) is 80.4 Å². The number of nitrogens with zero attached hydrogens (tertiary/aromatic N) is 4. The molecule has 1 aliphatic rings. The molecule has 0 radical (unpaired) electrons. The van der Waals surface area contributed by atoms with E-state index in [9.17, 15) is 14.7 Å². The highest BCUT2D eigenvalue weighted by atomic mass is 16.3. The van der Waals surface area contributed by atoms with Crippen molar-refractivity contribution in [1.82, 2.24) is 19.0 Å². The Labute approximate surface area is 181 Å². The molecule has 3 heterocycles. The molecule has 31 heavy (non-hydrogen) atoms. The predicted molar refractivity (Wildman–Crippen MR) is 120 cm³/mol. The maximum absolute atomic E-state index is 13.1. The summed E-state index contributed by atoms with van der Waals surface area (Å²) in [6.45, 7) is 7.28. The maximum Gasteiger partial charge on any atom is 0.254 e. The van der Waals surface area contributed by atoms with Crippen molar-refractivity contribution in [2.75, 3.05) is 6.54 Å². The number of hydrogen-bond donors (Lipinski definition) is 1. The molecule has 0 saturated carbocycles. The van der Waals surface area contributed by atoms with Crippen LogP contribution in [0.5, 0.6) is 5.75 Å². The van der Waals surface area contributed by atoms with Gasteiger partial charge in [-0.1, -0.05) is 12.1 Å². The minimum atomic E-state index is -0.241. The highest BCUT2D eigenvalue weighted by Crippen LogP contribution is 2.35. The summed E-state index contributed by atoms with van der Waals surface area (Å²) in [5, 5.41) is 9.54. The second kappa shape index (κ2) is 8.57. The van der Waals surface area contributed by atoms with Crippen LogP contribution in [0.25, 0.3) is 11.0 Å². The first kappa shape index (κ1) is 21.2. The number of rotatable bonds is 6. The minimum Gasteiger partial charge on any atom is -0.508 e. The van der Waals surface area contributed by atoms with Gasteiger partial charge in [0.05, 0.1) is 17.1 Å². The largest absolute Gasteiger partial charge is 0.508 e. The number of para-hydroxylation sites is 2. The molecule has 1 N–H and O–H groups in total. The highest BCUT2D eigenvalue weighted by molar-refractivity contribution is 5.78. The number of likely N-dealkylation sites (tertiary alicyclic amines) is 1. The van der Waals surface area contributed by atoms with Gasteiger partial charge in [-0.05, 0) is 58.2 Å². The second-order valence-corrected chi connectivity index (χ2v) is 8.62. The second-order valence-electron chi connectivity index (χ2n) is 8.62. The third kappa shape index (κ3) is 4.09. The van der Waals surface area contributed by atoms with E-state index in [0.717, 1.165) is 36.2 Å². The number of fused-ring (bicyclic) bond motifs is 1. The molecule has 0 unspecified atom stereocenters. The zero-order chi connectivity index (χ0) is 22.1.